The summed E-state index contributed by atoms with van der Waals surface area (Å²) in [4.78, 5) is 4.75. The minimum atomic E-state index is -0.165. The number of imidazole rings is 1. The third-order valence-corrected chi connectivity index (χ3v) is 3.94. The maximum Gasteiger partial charge on any atom is 0.163 e. The van der Waals surface area contributed by atoms with E-state index in [2.05, 4.69) is 35.6 Å². The summed E-state index contributed by atoms with van der Waals surface area (Å²) >= 11 is 6.37. The molecule has 0 amide bonds. The summed E-state index contributed by atoms with van der Waals surface area (Å²) in [7, 11) is 0. The second-order valence-corrected chi connectivity index (χ2v) is 5.94. The molecule has 0 fully saturated rings. The molecule has 0 saturated carbocycles. The maximum atomic E-state index is 6.37. The third kappa shape index (κ3) is 2.14. The van der Waals surface area contributed by atoms with Crippen molar-refractivity contribution in [3.8, 4) is 5.69 Å². The zero-order valence-corrected chi connectivity index (χ0v) is 13.5. The molecule has 2 aromatic heterocycles. The molecule has 0 saturated heterocycles. The molecule has 0 N–H and O–H groups in total. The van der Waals surface area contributed by atoms with Crippen molar-refractivity contribution >= 4 is 22.8 Å². The van der Waals surface area contributed by atoms with Crippen molar-refractivity contribution in [2.45, 2.75) is 39.6 Å². The highest BCUT2D eigenvalue weighted by Crippen LogP contribution is 2.30. The average Bonchev–Trinajstić information content (AvgIpc) is 2.98. The van der Waals surface area contributed by atoms with E-state index in [1.165, 1.54) is 5.56 Å². The van der Waals surface area contributed by atoms with Gasteiger partial charge in [-0.2, -0.15) is 5.10 Å². The van der Waals surface area contributed by atoms with Crippen LogP contribution in [0.25, 0.3) is 16.9 Å². The smallest absolute Gasteiger partial charge is 0.163 e. The van der Waals surface area contributed by atoms with Crippen LogP contribution in [-0.4, -0.2) is 19.3 Å². The highest BCUT2D eigenvalue weighted by molar-refractivity contribution is 6.20. The van der Waals surface area contributed by atoms with Crippen LogP contribution in [0.1, 0.15) is 36.3 Å². The quantitative estimate of drug-likeness (QED) is 0.681. The van der Waals surface area contributed by atoms with E-state index in [-0.39, 0.29) is 5.38 Å². The first kappa shape index (κ1) is 14.1. The van der Waals surface area contributed by atoms with Crippen LogP contribution in [0.2, 0.25) is 0 Å². The molecular formula is C16H19ClN4. The molecule has 1 unspecified atom stereocenters. The molecule has 21 heavy (non-hydrogen) atoms. The summed E-state index contributed by atoms with van der Waals surface area (Å²) in [5.74, 6) is 0.865. The number of para-hydroxylation sites is 1. The summed E-state index contributed by atoms with van der Waals surface area (Å²) in [6.45, 7) is 8.94. The summed E-state index contributed by atoms with van der Waals surface area (Å²) in [5.41, 5.74) is 5.20. The lowest BCUT2D eigenvalue weighted by atomic mass is 10.2. The molecule has 0 aliphatic carbocycles. The van der Waals surface area contributed by atoms with Crippen molar-refractivity contribution in [3.05, 3.63) is 41.3 Å². The van der Waals surface area contributed by atoms with Crippen LogP contribution in [0.5, 0.6) is 0 Å². The molecule has 3 rings (SSSR count). The number of alkyl halides is 1. The van der Waals surface area contributed by atoms with Crippen molar-refractivity contribution in [2.75, 3.05) is 0 Å². The number of hydrogen-bond acceptors (Lipinski definition) is 2. The van der Waals surface area contributed by atoms with Gasteiger partial charge in [0.25, 0.3) is 0 Å². The van der Waals surface area contributed by atoms with E-state index in [1.54, 1.807) is 0 Å². The maximum absolute atomic E-state index is 6.37. The van der Waals surface area contributed by atoms with E-state index in [1.807, 2.05) is 30.7 Å². The van der Waals surface area contributed by atoms with E-state index in [4.69, 9.17) is 16.6 Å². The number of rotatable bonds is 3. The van der Waals surface area contributed by atoms with Gasteiger partial charge in [-0.05, 0) is 39.3 Å². The first-order valence-corrected chi connectivity index (χ1v) is 7.64. The number of aromatic nitrogens is 4. The van der Waals surface area contributed by atoms with Gasteiger partial charge in [-0.3, -0.25) is 4.57 Å². The zero-order valence-electron chi connectivity index (χ0n) is 12.8. The van der Waals surface area contributed by atoms with Gasteiger partial charge >= 0.3 is 0 Å². The van der Waals surface area contributed by atoms with Gasteiger partial charge in [0.05, 0.1) is 16.8 Å². The summed E-state index contributed by atoms with van der Waals surface area (Å²) in [6.07, 6.45) is 0. The van der Waals surface area contributed by atoms with Crippen molar-refractivity contribution < 1.29 is 0 Å². The van der Waals surface area contributed by atoms with Gasteiger partial charge in [0.15, 0.2) is 5.65 Å². The molecule has 0 spiro atoms. The number of nitrogens with zero attached hydrogens (tertiary/aromatic N) is 4. The summed E-state index contributed by atoms with van der Waals surface area (Å²) in [5, 5.41) is 4.41. The monoisotopic (exact) mass is 302 g/mol. The molecule has 0 radical (unpaired) electrons. The van der Waals surface area contributed by atoms with Gasteiger partial charge in [-0.15, -0.1) is 11.6 Å². The number of halogens is 1. The number of aryl methyl sites for hydroxylation is 3. The predicted octanol–water partition coefficient (Wildman–Crippen LogP) is 4.16. The Labute approximate surface area is 129 Å². The Kier molecular flexibility index (Phi) is 3.49. The van der Waals surface area contributed by atoms with E-state index in [0.29, 0.717) is 0 Å². The van der Waals surface area contributed by atoms with Crippen LogP contribution in [0.4, 0.5) is 0 Å². The van der Waals surface area contributed by atoms with Gasteiger partial charge < -0.3 is 0 Å². The third-order valence-electron chi connectivity index (χ3n) is 3.75. The average molecular weight is 303 g/mol. The second kappa shape index (κ2) is 5.19. The minimum absolute atomic E-state index is 0.165. The molecule has 5 heteroatoms. The lowest BCUT2D eigenvalue weighted by Gasteiger charge is -2.14. The van der Waals surface area contributed by atoms with Gasteiger partial charge in [0.1, 0.15) is 11.3 Å². The second-order valence-electron chi connectivity index (χ2n) is 5.28. The number of hydrogen-bond donors (Lipinski definition) is 0. The molecule has 3 aromatic rings. The summed E-state index contributed by atoms with van der Waals surface area (Å²) in [6, 6.07) is 8.28. The Bertz CT molecular complexity index is 798. The van der Waals surface area contributed by atoms with Crippen LogP contribution in [0.15, 0.2) is 24.3 Å². The van der Waals surface area contributed by atoms with Crippen LogP contribution in [0, 0.1) is 13.8 Å². The highest BCUT2D eigenvalue weighted by Gasteiger charge is 2.22. The molecule has 2 heterocycles. The van der Waals surface area contributed by atoms with E-state index in [0.717, 1.165) is 34.9 Å². The first-order valence-electron chi connectivity index (χ1n) is 7.20. The van der Waals surface area contributed by atoms with E-state index >= 15 is 0 Å². The fraction of sp³-hybridized carbons (Fsp3) is 0.375. The van der Waals surface area contributed by atoms with Crippen LogP contribution in [-0.2, 0) is 6.54 Å². The molecule has 110 valence electrons. The number of benzene rings is 1. The van der Waals surface area contributed by atoms with Crippen molar-refractivity contribution in [3.63, 3.8) is 0 Å². The van der Waals surface area contributed by atoms with Gasteiger partial charge in [0.2, 0.25) is 0 Å². The molecule has 0 aliphatic heterocycles. The zero-order chi connectivity index (χ0) is 15.1. The fourth-order valence-corrected chi connectivity index (χ4v) is 2.87. The van der Waals surface area contributed by atoms with Crippen LogP contribution >= 0.6 is 11.6 Å². The Morgan fingerprint density at radius 1 is 1.24 bits per heavy atom. The largest absolute Gasteiger partial charge is 0.279 e. The molecule has 4 nitrogen and oxygen atoms in total. The minimum Gasteiger partial charge on any atom is -0.279 e. The van der Waals surface area contributed by atoms with Crippen molar-refractivity contribution in [2.24, 2.45) is 0 Å². The predicted molar refractivity (Wildman–Crippen MR) is 86.3 cm³/mol. The van der Waals surface area contributed by atoms with Gasteiger partial charge in [-0.25, -0.2) is 9.67 Å². The molecule has 1 atom stereocenters. The Morgan fingerprint density at radius 3 is 2.57 bits per heavy atom. The SMILES string of the molecule is CCn1nc(C)c2nc(C(C)Cl)n(-c3ccccc3C)c21. The molecular weight excluding hydrogens is 284 g/mol. The molecule has 0 aliphatic rings. The standard InChI is InChI=1S/C16H19ClN4/c1-5-20-16-14(12(4)19-20)18-15(11(3)17)21(16)13-9-7-6-8-10(13)2/h6-9,11H,5H2,1-4H3. The topological polar surface area (TPSA) is 35.6 Å². The lowest BCUT2D eigenvalue weighted by molar-refractivity contribution is 0.658. The Morgan fingerprint density at radius 2 is 1.95 bits per heavy atom. The van der Waals surface area contributed by atoms with Crippen molar-refractivity contribution in [1.82, 2.24) is 19.3 Å². The molecule has 1 aromatic carbocycles. The highest BCUT2D eigenvalue weighted by atomic mass is 35.5. The van der Waals surface area contributed by atoms with Gasteiger partial charge in [0, 0.05) is 6.54 Å². The lowest BCUT2D eigenvalue weighted by Crippen LogP contribution is -2.08. The van der Waals surface area contributed by atoms with E-state index < -0.39 is 0 Å². The van der Waals surface area contributed by atoms with E-state index in [9.17, 15) is 0 Å². The van der Waals surface area contributed by atoms with Gasteiger partial charge in [-0.1, -0.05) is 18.2 Å². The Hall–Kier alpha value is -1.81. The Balaban J connectivity index is 2.43. The fourth-order valence-electron chi connectivity index (χ4n) is 2.72. The normalized spacial score (nSPS) is 13.0. The first-order chi connectivity index (χ1) is 10.0. The van der Waals surface area contributed by atoms with Crippen molar-refractivity contribution in [1.29, 1.82) is 0 Å². The number of fused-ring (bicyclic) bond motifs is 1. The summed E-state index contributed by atoms with van der Waals surface area (Å²) < 4.78 is 4.14. The van der Waals surface area contributed by atoms with Crippen LogP contribution < -0.4 is 0 Å². The van der Waals surface area contributed by atoms with Crippen LogP contribution in [0.3, 0.4) is 0 Å². The molecule has 0 bridgehead atoms.